The fraction of sp³-hybridized carbons (Fsp3) is 0.533. The average Bonchev–Trinajstić information content (AvgIpc) is 2.46. The summed E-state index contributed by atoms with van der Waals surface area (Å²) in [7, 11) is 0. The van der Waals surface area contributed by atoms with Gasteiger partial charge in [-0.05, 0) is 51.0 Å². The normalized spacial score (nSPS) is 17.4. The average molecular weight is 316 g/mol. The first-order valence-corrected chi connectivity index (χ1v) is 6.70. The van der Waals surface area contributed by atoms with E-state index < -0.39 is 0 Å². The van der Waals surface area contributed by atoms with Gasteiger partial charge in [-0.2, -0.15) is 5.26 Å². The summed E-state index contributed by atoms with van der Waals surface area (Å²) in [4.78, 5) is 2.42. The van der Waals surface area contributed by atoms with Gasteiger partial charge in [0.1, 0.15) is 0 Å². The maximum absolute atomic E-state index is 9.57. The van der Waals surface area contributed by atoms with Gasteiger partial charge in [0.2, 0.25) is 0 Å². The van der Waals surface area contributed by atoms with Crippen LogP contribution in [0.15, 0.2) is 30.3 Å². The monoisotopic (exact) mass is 315 g/mol. The molecule has 0 saturated carbocycles. The van der Waals surface area contributed by atoms with E-state index in [0.29, 0.717) is 0 Å². The van der Waals surface area contributed by atoms with Crippen molar-refractivity contribution < 1.29 is 0 Å². The van der Waals surface area contributed by atoms with E-state index in [0.717, 1.165) is 45.4 Å². The molecule has 0 spiro atoms. The Bertz CT molecular complexity index is 409. The van der Waals surface area contributed by atoms with Crippen LogP contribution in [0, 0.1) is 11.3 Å². The summed E-state index contributed by atoms with van der Waals surface area (Å²) in [6, 6.07) is 12.8. The number of nitrogens with zero attached hydrogens (tertiary/aromatic N) is 2. The van der Waals surface area contributed by atoms with E-state index in [1.165, 1.54) is 5.56 Å². The Morgan fingerprint density at radius 1 is 1.15 bits per heavy atom. The molecule has 1 saturated heterocycles. The summed E-state index contributed by atoms with van der Waals surface area (Å²) in [5.41, 5.74) is 6.43. The Labute approximate surface area is 134 Å². The van der Waals surface area contributed by atoms with Crippen LogP contribution in [-0.2, 0) is 5.41 Å². The third-order valence-electron chi connectivity index (χ3n) is 3.93. The second-order valence-electron chi connectivity index (χ2n) is 5.04. The molecule has 1 heterocycles. The molecule has 0 aliphatic carbocycles. The molecule has 1 aromatic carbocycles. The number of benzene rings is 1. The van der Waals surface area contributed by atoms with E-state index in [-0.39, 0.29) is 30.2 Å². The highest BCUT2D eigenvalue weighted by Crippen LogP contribution is 2.34. The predicted octanol–water partition coefficient (Wildman–Crippen LogP) is 2.74. The first kappa shape index (κ1) is 19.2. The predicted molar refractivity (Wildman–Crippen MR) is 87.6 cm³/mol. The Morgan fingerprint density at radius 2 is 1.75 bits per heavy atom. The zero-order chi connectivity index (χ0) is 12.8. The first-order chi connectivity index (χ1) is 8.80. The van der Waals surface area contributed by atoms with Crippen LogP contribution in [0.5, 0.6) is 0 Å². The maximum Gasteiger partial charge on any atom is 0.0846 e. The van der Waals surface area contributed by atoms with Gasteiger partial charge in [-0.15, -0.1) is 24.8 Å². The molecule has 20 heavy (non-hydrogen) atoms. The van der Waals surface area contributed by atoms with Gasteiger partial charge in [0.15, 0.2) is 0 Å². The number of hydrogen-bond donors (Lipinski definition) is 1. The Morgan fingerprint density at radius 3 is 2.25 bits per heavy atom. The van der Waals surface area contributed by atoms with Crippen LogP contribution in [-0.4, -0.2) is 31.1 Å². The smallest absolute Gasteiger partial charge is 0.0846 e. The molecule has 0 unspecified atom stereocenters. The van der Waals surface area contributed by atoms with Crippen LogP contribution in [0.2, 0.25) is 0 Å². The van der Waals surface area contributed by atoms with Crippen LogP contribution < -0.4 is 5.73 Å². The van der Waals surface area contributed by atoms with Gasteiger partial charge in [-0.1, -0.05) is 30.3 Å². The van der Waals surface area contributed by atoms with Crippen molar-refractivity contribution in [1.29, 1.82) is 5.26 Å². The summed E-state index contributed by atoms with van der Waals surface area (Å²) in [5, 5.41) is 9.57. The number of piperidine rings is 1. The molecule has 1 aromatic rings. The number of rotatable bonds is 4. The van der Waals surface area contributed by atoms with Crippen molar-refractivity contribution in [2.45, 2.75) is 24.7 Å². The highest BCUT2D eigenvalue weighted by atomic mass is 35.5. The van der Waals surface area contributed by atoms with Gasteiger partial charge in [0, 0.05) is 0 Å². The molecule has 0 bridgehead atoms. The second kappa shape index (κ2) is 9.20. The number of halogens is 2. The topological polar surface area (TPSA) is 53.0 Å². The molecule has 1 fully saturated rings. The quantitative estimate of drug-likeness (QED) is 0.929. The molecule has 0 amide bonds. The van der Waals surface area contributed by atoms with Crippen molar-refractivity contribution in [3.05, 3.63) is 35.9 Å². The Kier molecular flexibility index (Phi) is 8.84. The maximum atomic E-state index is 9.57. The van der Waals surface area contributed by atoms with E-state index in [1.807, 2.05) is 18.2 Å². The molecule has 1 aliphatic rings. The minimum Gasteiger partial charge on any atom is -0.330 e. The van der Waals surface area contributed by atoms with Crippen molar-refractivity contribution in [2.75, 3.05) is 26.2 Å². The molecule has 0 radical (unpaired) electrons. The SMILES string of the molecule is Cl.Cl.N#CC1(c2ccccc2)CCN(CCCN)CC1. The van der Waals surface area contributed by atoms with Crippen molar-refractivity contribution in [3.8, 4) is 6.07 Å². The summed E-state index contributed by atoms with van der Waals surface area (Å²) in [6.07, 6.45) is 2.90. The van der Waals surface area contributed by atoms with Gasteiger partial charge < -0.3 is 10.6 Å². The van der Waals surface area contributed by atoms with Gasteiger partial charge in [-0.25, -0.2) is 0 Å². The zero-order valence-corrected chi connectivity index (χ0v) is 13.3. The number of nitrogens with two attached hydrogens (primary N) is 1. The lowest BCUT2D eigenvalue weighted by Gasteiger charge is -2.37. The Balaban J connectivity index is 0.00000180. The molecule has 0 aromatic heterocycles. The van der Waals surface area contributed by atoms with Gasteiger partial charge in [0.05, 0.1) is 11.5 Å². The molecule has 112 valence electrons. The van der Waals surface area contributed by atoms with E-state index in [1.54, 1.807) is 0 Å². The lowest BCUT2D eigenvalue weighted by Crippen LogP contribution is -2.42. The van der Waals surface area contributed by atoms with Crippen LogP contribution in [0.1, 0.15) is 24.8 Å². The molecular weight excluding hydrogens is 293 g/mol. The van der Waals surface area contributed by atoms with Crippen molar-refractivity contribution in [3.63, 3.8) is 0 Å². The van der Waals surface area contributed by atoms with Crippen molar-refractivity contribution >= 4 is 24.8 Å². The molecular formula is C15H23Cl2N3. The first-order valence-electron chi connectivity index (χ1n) is 6.70. The van der Waals surface area contributed by atoms with Gasteiger partial charge in [0.25, 0.3) is 0 Å². The molecule has 2 N–H and O–H groups in total. The molecule has 2 rings (SSSR count). The lowest BCUT2D eigenvalue weighted by atomic mass is 9.74. The Hall–Kier alpha value is -0.790. The minimum atomic E-state index is -0.277. The standard InChI is InChI=1S/C15H21N3.2ClH/c16-9-4-10-18-11-7-15(13-17,8-12-18)14-5-2-1-3-6-14;;/h1-3,5-6H,4,7-12,16H2;2*1H. The van der Waals surface area contributed by atoms with Crippen LogP contribution >= 0.6 is 24.8 Å². The highest BCUT2D eigenvalue weighted by Gasteiger charge is 2.35. The molecule has 3 nitrogen and oxygen atoms in total. The highest BCUT2D eigenvalue weighted by molar-refractivity contribution is 5.85. The summed E-state index contributed by atoms with van der Waals surface area (Å²) >= 11 is 0. The lowest BCUT2D eigenvalue weighted by molar-refractivity contribution is 0.185. The summed E-state index contributed by atoms with van der Waals surface area (Å²) < 4.78 is 0. The fourth-order valence-electron chi connectivity index (χ4n) is 2.70. The molecule has 1 aliphatic heterocycles. The van der Waals surface area contributed by atoms with E-state index in [4.69, 9.17) is 5.73 Å². The van der Waals surface area contributed by atoms with Gasteiger partial charge >= 0.3 is 0 Å². The van der Waals surface area contributed by atoms with Crippen molar-refractivity contribution in [1.82, 2.24) is 4.90 Å². The number of hydrogen-bond acceptors (Lipinski definition) is 3. The number of likely N-dealkylation sites (tertiary alicyclic amines) is 1. The van der Waals surface area contributed by atoms with E-state index in [2.05, 4.69) is 23.1 Å². The third-order valence-corrected chi connectivity index (χ3v) is 3.93. The van der Waals surface area contributed by atoms with Crippen LogP contribution in [0.3, 0.4) is 0 Å². The number of nitriles is 1. The van der Waals surface area contributed by atoms with Gasteiger partial charge in [-0.3, -0.25) is 0 Å². The second-order valence-corrected chi connectivity index (χ2v) is 5.04. The fourth-order valence-corrected chi connectivity index (χ4v) is 2.70. The largest absolute Gasteiger partial charge is 0.330 e. The summed E-state index contributed by atoms with van der Waals surface area (Å²) in [5.74, 6) is 0. The third kappa shape index (κ3) is 4.36. The van der Waals surface area contributed by atoms with E-state index >= 15 is 0 Å². The molecule has 5 heteroatoms. The van der Waals surface area contributed by atoms with Crippen molar-refractivity contribution in [2.24, 2.45) is 5.73 Å². The summed E-state index contributed by atoms with van der Waals surface area (Å²) in [6.45, 7) is 3.82. The van der Waals surface area contributed by atoms with E-state index in [9.17, 15) is 5.26 Å². The van der Waals surface area contributed by atoms with Crippen LogP contribution in [0.4, 0.5) is 0 Å². The molecule has 0 atom stereocenters. The minimum absolute atomic E-state index is 0. The van der Waals surface area contributed by atoms with Crippen LogP contribution in [0.25, 0.3) is 0 Å². The zero-order valence-electron chi connectivity index (χ0n) is 11.6.